The van der Waals surface area contributed by atoms with Crippen LogP contribution in [0.15, 0.2) is 29.3 Å². The molecule has 0 aromatic heterocycles. The molecule has 0 saturated carbocycles. The third-order valence-corrected chi connectivity index (χ3v) is 5.20. The molecule has 6 nitrogen and oxygen atoms in total. The van der Waals surface area contributed by atoms with Crippen molar-refractivity contribution in [1.29, 1.82) is 0 Å². The van der Waals surface area contributed by atoms with Gasteiger partial charge in [-0.2, -0.15) is 0 Å². The minimum atomic E-state index is 0.169. The summed E-state index contributed by atoms with van der Waals surface area (Å²) in [5.41, 5.74) is 2.15. The van der Waals surface area contributed by atoms with Crippen LogP contribution >= 0.6 is 0 Å². The molecular formula is C18H24N4O2. The number of aliphatic imine (C=N–C) groups is 1. The number of benzene rings is 1. The maximum Gasteiger partial charge on any atom is 0.231 e. The fraction of sp³-hybridized carbons (Fsp3) is 0.556. The number of anilines is 1. The molecule has 3 atom stereocenters. The van der Waals surface area contributed by atoms with Crippen LogP contribution in [-0.4, -0.2) is 50.3 Å². The second-order valence-corrected chi connectivity index (χ2v) is 6.71. The first-order valence-electron chi connectivity index (χ1n) is 8.75. The Morgan fingerprint density at radius 3 is 3.00 bits per heavy atom. The highest BCUT2D eigenvalue weighted by molar-refractivity contribution is 6.01. The predicted octanol–water partition coefficient (Wildman–Crippen LogP) is 1.06. The highest BCUT2D eigenvalue weighted by Crippen LogP contribution is 2.34. The number of para-hydroxylation sites is 1. The van der Waals surface area contributed by atoms with E-state index in [1.807, 2.05) is 29.2 Å². The Morgan fingerprint density at radius 2 is 2.25 bits per heavy atom. The molecule has 0 spiro atoms. The fourth-order valence-corrected chi connectivity index (χ4v) is 4.01. The van der Waals surface area contributed by atoms with Crippen molar-refractivity contribution < 1.29 is 9.53 Å². The molecule has 3 aliphatic rings. The molecule has 1 amide bonds. The topological polar surface area (TPSA) is 66.0 Å². The van der Waals surface area contributed by atoms with E-state index in [2.05, 4.69) is 15.6 Å². The number of hydrogen-bond donors (Lipinski definition) is 2. The lowest BCUT2D eigenvalue weighted by atomic mass is 9.96. The van der Waals surface area contributed by atoms with Gasteiger partial charge in [0.25, 0.3) is 0 Å². The number of carbonyl (C=O) groups excluding carboxylic acids is 1. The Balaban J connectivity index is 1.29. The zero-order valence-electron chi connectivity index (χ0n) is 14.0. The third kappa shape index (κ3) is 2.86. The quantitative estimate of drug-likeness (QED) is 0.641. The van der Waals surface area contributed by atoms with Gasteiger partial charge in [0.05, 0.1) is 24.7 Å². The number of ether oxygens (including phenoxy) is 1. The molecule has 0 aliphatic carbocycles. The van der Waals surface area contributed by atoms with E-state index in [-0.39, 0.29) is 5.91 Å². The van der Waals surface area contributed by atoms with Crippen LogP contribution < -0.4 is 15.5 Å². The largest absolute Gasteiger partial charge is 0.373 e. The van der Waals surface area contributed by atoms with Crippen molar-refractivity contribution in [2.24, 2.45) is 4.99 Å². The molecule has 2 N–H and O–H groups in total. The molecule has 2 bridgehead atoms. The summed E-state index contributed by atoms with van der Waals surface area (Å²) in [6.07, 6.45) is 4.63. The van der Waals surface area contributed by atoms with E-state index in [1.165, 1.54) is 6.42 Å². The van der Waals surface area contributed by atoms with Gasteiger partial charge in [-0.1, -0.05) is 18.2 Å². The van der Waals surface area contributed by atoms with Gasteiger partial charge in [-0.25, -0.2) is 0 Å². The smallest absolute Gasteiger partial charge is 0.231 e. The van der Waals surface area contributed by atoms with Crippen LogP contribution in [0.4, 0.5) is 5.69 Å². The van der Waals surface area contributed by atoms with Crippen molar-refractivity contribution in [1.82, 2.24) is 10.6 Å². The number of hydrogen-bond acceptors (Lipinski definition) is 3. The summed E-state index contributed by atoms with van der Waals surface area (Å²) < 4.78 is 5.87. The SMILES string of the molecule is CN=C(NCCN1C(=O)Cc2ccccc21)NC1CC2CCC1O2. The first-order valence-corrected chi connectivity index (χ1v) is 8.75. The van der Waals surface area contributed by atoms with Crippen molar-refractivity contribution in [3.63, 3.8) is 0 Å². The van der Waals surface area contributed by atoms with Gasteiger partial charge < -0.3 is 20.3 Å². The number of nitrogens with zero attached hydrogens (tertiary/aromatic N) is 2. The molecule has 2 saturated heterocycles. The number of guanidine groups is 1. The molecule has 1 aromatic rings. The van der Waals surface area contributed by atoms with Gasteiger partial charge in [-0.3, -0.25) is 9.79 Å². The second-order valence-electron chi connectivity index (χ2n) is 6.71. The number of fused-ring (bicyclic) bond motifs is 3. The molecule has 128 valence electrons. The monoisotopic (exact) mass is 328 g/mol. The zero-order valence-corrected chi connectivity index (χ0v) is 14.0. The van der Waals surface area contributed by atoms with Crippen molar-refractivity contribution >= 4 is 17.6 Å². The van der Waals surface area contributed by atoms with Crippen LogP contribution in [0.2, 0.25) is 0 Å². The summed E-state index contributed by atoms with van der Waals surface area (Å²) in [4.78, 5) is 18.3. The molecule has 1 aromatic carbocycles. The van der Waals surface area contributed by atoms with Crippen LogP contribution in [0.25, 0.3) is 0 Å². The summed E-state index contributed by atoms with van der Waals surface area (Å²) in [6, 6.07) is 8.35. The molecule has 0 radical (unpaired) electrons. The minimum Gasteiger partial charge on any atom is -0.373 e. The van der Waals surface area contributed by atoms with Crippen LogP contribution in [0.3, 0.4) is 0 Å². The van der Waals surface area contributed by atoms with Crippen LogP contribution in [0, 0.1) is 0 Å². The van der Waals surface area contributed by atoms with Crippen LogP contribution in [0.1, 0.15) is 24.8 Å². The summed E-state index contributed by atoms with van der Waals surface area (Å²) >= 11 is 0. The van der Waals surface area contributed by atoms with E-state index in [4.69, 9.17) is 4.74 Å². The summed E-state index contributed by atoms with van der Waals surface area (Å²) in [6.45, 7) is 1.31. The molecule has 24 heavy (non-hydrogen) atoms. The first-order chi connectivity index (χ1) is 11.7. The normalized spacial score (nSPS) is 28.4. The van der Waals surface area contributed by atoms with Crippen LogP contribution in [0.5, 0.6) is 0 Å². The molecular weight excluding hydrogens is 304 g/mol. The van der Waals surface area contributed by atoms with Gasteiger partial charge in [0.15, 0.2) is 5.96 Å². The lowest BCUT2D eigenvalue weighted by Crippen LogP contribution is -2.49. The average Bonchev–Trinajstić information content (AvgIpc) is 3.28. The van der Waals surface area contributed by atoms with E-state index >= 15 is 0 Å². The highest BCUT2D eigenvalue weighted by atomic mass is 16.5. The predicted molar refractivity (Wildman–Crippen MR) is 93.3 cm³/mol. The minimum absolute atomic E-state index is 0.169. The van der Waals surface area contributed by atoms with Gasteiger partial charge in [0.2, 0.25) is 5.91 Å². The van der Waals surface area contributed by atoms with Crippen molar-refractivity contribution in [3.05, 3.63) is 29.8 Å². The number of amides is 1. The summed E-state index contributed by atoms with van der Waals surface area (Å²) in [5, 5.41) is 6.79. The third-order valence-electron chi connectivity index (χ3n) is 5.20. The van der Waals surface area contributed by atoms with Gasteiger partial charge >= 0.3 is 0 Å². The molecule has 6 heteroatoms. The maximum absolute atomic E-state index is 12.2. The Bertz CT molecular complexity index is 660. The number of rotatable bonds is 4. The van der Waals surface area contributed by atoms with Crippen LogP contribution in [-0.2, 0) is 16.0 Å². The summed E-state index contributed by atoms with van der Waals surface area (Å²) in [7, 11) is 1.78. The highest BCUT2D eigenvalue weighted by Gasteiger charge is 2.41. The van der Waals surface area contributed by atoms with E-state index in [1.54, 1.807) is 7.05 Å². The Morgan fingerprint density at radius 1 is 1.38 bits per heavy atom. The Labute approximate surface area is 142 Å². The lowest BCUT2D eigenvalue weighted by molar-refractivity contribution is -0.117. The Hall–Kier alpha value is -2.08. The van der Waals surface area contributed by atoms with Gasteiger partial charge in [-0.05, 0) is 30.9 Å². The van der Waals surface area contributed by atoms with Gasteiger partial charge in [0, 0.05) is 25.8 Å². The average molecular weight is 328 g/mol. The van der Waals surface area contributed by atoms with Crippen molar-refractivity contribution in [2.75, 3.05) is 25.0 Å². The fourth-order valence-electron chi connectivity index (χ4n) is 4.01. The van der Waals surface area contributed by atoms with Crippen molar-refractivity contribution in [2.45, 2.75) is 43.9 Å². The van der Waals surface area contributed by atoms with Gasteiger partial charge in [-0.15, -0.1) is 0 Å². The number of carbonyl (C=O) groups is 1. The molecule has 3 unspecified atom stereocenters. The first kappa shape index (κ1) is 15.4. The molecule has 3 heterocycles. The van der Waals surface area contributed by atoms with E-state index in [0.717, 1.165) is 30.1 Å². The molecule has 4 rings (SSSR count). The summed E-state index contributed by atoms with van der Waals surface area (Å²) in [5.74, 6) is 0.957. The molecule has 3 aliphatic heterocycles. The zero-order chi connectivity index (χ0) is 16.5. The second kappa shape index (κ2) is 6.43. The Kier molecular flexibility index (Phi) is 4.14. The molecule has 2 fully saturated rings. The standard InChI is InChI=1S/C18H24N4O2/c1-19-18(21-14-11-13-6-7-16(14)24-13)20-8-9-22-15-5-3-2-4-12(15)10-17(22)23/h2-5,13-14,16H,6-11H2,1H3,(H2,19,20,21). The number of nitrogens with one attached hydrogen (secondary N) is 2. The van der Waals surface area contributed by atoms with E-state index in [0.29, 0.717) is 37.8 Å². The maximum atomic E-state index is 12.2. The lowest BCUT2D eigenvalue weighted by Gasteiger charge is -2.23. The van der Waals surface area contributed by atoms with E-state index < -0.39 is 0 Å². The van der Waals surface area contributed by atoms with Gasteiger partial charge in [0.1, 0.15) is 0 Å². The van der Waals surface area contributed by atoms with Crippen molar-refractivity contribution in [3.8, 4) is 0 Å². The van der Waals surface area contributed by atoms with E-state index in [9.17, 15) is 4.79 Å².